The van der Waals surface area contributed by atoms with Crippen LogP contribution in [0.4, 0.5) is 0 Å². The number of hydrogen-bond donors (Lipinski definition) is 0. The average molecular weight is 1170 g/mol. The minimum Gasteiger partial charge on any atom is -0.510 e. The van der Waals surface area contributed by atoms with Crippen LogP contribution in [0.5, 0.6) is 11.5 Å². The van der Waals surface area contributed by atoms with E-state index in [0.717, 1.165) is 72.5 Å². The third-order valence-corrected chi connectivity index (χ3v) is 15.1. The summed E-state index contributed by atoms with van der Waals surface area (Å²) in [5, 5.41) is 2.29. The van der Waals surface area contributed by atoms with Crippen LogP contribution in [0.3, 0.4) is 0 Å². The van der Waals surface area contributed by atoms with E-state index in [4.69, 9.17) is 9.72 Å². The van der Waals surface area contributed by atoms with Gasteiger partial charge in [-0.2, -0.15) is 6.07 Å². The summed E-state index contributed by atoms with van der Waals surface area (Å²) in [5.74, 6) is 2.00. The molecular formula is C70H64N4OPt-2. The van der Waals surface area contributed by atoms with Crippen LogP contribution in [0.15, 0.2) is 207 Å². The Kier molecular flexibility index (Phi) is 13.8. The van der Waals surface area contributed by atoms with Gasteiger partial charge in [0.05, 0.1) is 11.4 Å². The standard InChI is InChI=1S/C70H64N4O.Pt/c1-67(2,3)54-35-36-71-65(42-54)74-62-34-24-23-33-60(62)66-61(68(4,5)6)44-59(45-63(66)74)75-58-40-51(49-27-17-12-18-28-49)39-57(43-58)73-47-72(46-64(73)70(9,10)53-31-21-14-22-32-53)56-38-50(48-25-15-11-16-26-48)37-55(41-56)69(7,8)52-29-19-13-20-30-52;/h11-42,44,46H,1-10H3;/q-2;. The summed E-state index contributed by atoms with van der Waals surface area (Å²) in [6.07, 6.45) is 8.07. The molecule has 0 aliphatic rings. The molecule has 3 aromatic heterocycles. The number of benzene rings is 8. The molecule has 0 N–H and O–H groups in total. The predicted octanol–water partition coefficient (Wildman–Crippen LogP) is 17.0. The van der Waals surface area contributed by atoms with Crippen LogP contribution in [0.1, 0.15) is 103 Å². The first kappa shape index (κ1) is 51.9. The van der Waals surface area contributed by atoms with Gasteiger partial charge < -0.3 is 13.9 Å². The zero-order chi connectivity index (χ0) is 52.3. The quantitative estimate of drug-likeness (QED) is 0.0956. The Balaban J connectivity index is 0.00000657. The second kappa shape index (κ2) is 20.2. The molecule has 0 saturated carbocycles. The molecule has 0 radical (unpaired) electrons. The Bertz CT molecular complexity index is 3860. The summed E-state index contributed by atoms with van der Waals surface area (Å²) < 4.78 is 13.8. The van der Waals surface area contributed by atoms with Crippen molar-refractivity contribution >= 4 is 21.8 Å². The number of nitrogens with zero attached hydrogens (tertiary/aromatic N) is 4. The largest absolute Gasteiger partial charge is 0.510 e. The van der Waals surface area contributed by atoms with Crippen molar-refractivity contribution in [3.63, 3.8) is 0 Å². The summed E-state index contributed by atoms with van der Waals surface area (Å²) in [6, 6.07) is 76.7. The number of para-hydroxylation sites is 1. The van der Waals surface area contributed by atoms with Crippen LogP contribution in [-0.4, -0.2) is 14.1 Å². The maximum atomic E-state index is 7.19. The van der Waals surface area contributed by atoms with Crippen molar-refractivity contribution in [2.24, 2.45) is 0 Å². The third kappa shape index (κ3) is 9.90. The molecule has 0 aliphatic heterocycles. The van der Waals surface area contributed by atoms with Gasteiger partial charge in [0.25, 0.3) is 6.33 Å². The maximum Gasteiger partial charge on any atom is 0.267 e. The molecule has 0 spiro atoms. The van der Waals surface area contributed by atoms with Gasteiger partial charge in [-0.05, 0) is 91.2 Å². The van der Waals surface area contributed by atoms with E-state index in [-0.39, 0.29) is 37.3 Å². The fourth-order valence-electron chi connectivity index (χ4n) is 10.6. The molecule has 6 heteroatoms. The van der Waals surface area contributed by atoms with Gasteiger partial charge in [0.15, 0.2) is 0 Å². The molecule has 0 bridgehead atoms. The van der Waals surface area contributed by atoms with E-state index in [9.17, 15) is 0 Å². The van der Waals surface area contributed by atoms with Crippen molar-refractivity contribution in [2.75, 3.05) is 0 Å². The molecule has 76 heavy (non-hydrogen) atoms. The van der Waals surface area contributed by atoms with E-state index < -0.39 is 5.41 Å². The fraction of sp³-hybridized carbons (Fsp3) is 0.200. The zero-order valence-corrected chi connectivity index (χ0v) is 47.4. The zero-order valence-electron chi connectivity index (χ0n) is 45.1. The van der Waals surface area contributed by atoms with Gasteiger partial charge in [-0.1, -0.05) is 226 Å². The average Bonchev–Trinajstić information content (AvgIpc) is 4.07. The predicted molar refractivity (Wildman–Crippen MR) is 308 cm³/mol. The Morgan fingerprint density at radius 2 is 1.05 bits per heavy atom. The summed E-state index contributed by atoms with van der Waals surface area (Å²) in [4.78, 5) is 5.00. The van der Waals surface area contributed by atoms with Crippen LogP contribution in [0.25, 0.3) is 61.3 Å². The van der Waals surface area contributed by atoms with Crippen molar-refractivity contribution in [2.45, 2.75) is 90.9 Å². The van der Waals surface area contributed by atoms with Gasteiger partial charge in [-0.15, -0.1) is 35.4 Å². The van der Waals surface area contributed by atoms with Gasteiger partial charge in [0, 0.05) is 61.3 Å². The minimum atomic E-state index is -0.476. The third-order valence-electron chi connectivity index (χ3n) is 15.1. The van der Waals surface area contributed by atoms with E-state index in [1.807, 2.05) is 6.20 Å². The first-order chi connectivity index (χ1) is 35.9. The van der Waals surface area contributed by atoms with E-state index in [1.165, 1.54) is 22.3 Å². The number of ether oxygens (including phenoxy) is 1. The molecule has 0 saturated heterocycles. The first-order valence-corrected chi connectivity index (χ1v) is 26.1. The Hall–Kier alpha value is -7.59. The Morgan fingerprint density at radius 3 is 1.67 bits per heavy atom. The number of imidazole rings is 1. The SMILES string of the molecule is CC(C)(C)c1ccnc(-n2c3[c-]c(Oc4[c-]c(-n5[c-][n+](-c6cc(-c7ccccc7)cc(C(C)(C)c7ccccc7)c6)cc5C(C)(C)c5ccccc5)cc(-c5ccccc5)c4)cc(C(C)(C)C)c3c3ccccc32)c1.[Pt]. The smallest absolute Gasteiger partial charge is 0.267 e. The summed E-state index contributed by atoms with van der Waals surface area (Å²) in [6.45, 7) is 22.7. The minimum absolute atomic E-state index is 0. The molecule has 3 heterocycles. The van der Waals surface area contributed by atoms with Crippen LogP contribution in [0.2, 0.25) is 0 Å². The normalized spacial score (nSPS) is 12.2. The summed E-state index contributed by atoms with van der Waals surface area (Å²) in [5.41, 5.74) is 14.1. The Labute approximate surface area is 463 Å². The number of rotatable bonds is 11. The maximum absolute atomic E-state index is 7.19. The second-order valence-electron chi connectivity index (χ2n) is 23.0. The van der Waals surface area contributed by atoms with Gasteiger partial charge >= 0.3 is 0 Å². The van der Waals surface area contributed by atoms with Crippen molar-refractivity contribution in [1.29, 1.82) is 0 Å². The molecule has 0 atom stereocenters. The number of fused-ring (bicyclic) bond motifs is 3. The molecule has 11 rings (SSSR count). The molecule has 5 nitrogen and oxygen atoms in total. The number of aromatic nitrogens is 4. The second-order valence-corrected chi connectivity index (χ2v) is 23.0. The van der Waals surface area contributed by atoms with Crippen molar-refractivity contribution < 1.29 is 30.4 Å². The van der Waals surface area contributed by atoms with Crippen molar-refractivity contribution in [1.82, 2.24) is 14.1 Å². The molecule has 8 aromatic carbocycles. The van der Waals surface area contributed by atoms with E-state index in [0.29, 0.717) is 11.5 Å². The molecule has 0 fully saturated rings. The first-order valence-electron chi connectivity index (χ1n) is 26.1. The summed E-state index contributed by atoms with van der Waals surface area (Å²) in [7, 11) is 0. The molecular weight excluding hydrogens is 1110 g/mol. The van der Waals surface area contributed by atoms with Crippen molar-refractivity contribution in [3.8, 4) is 50.9 Å². The topological polar surface area (TPSA) is 35.9 Å². The van der Waals surface area contributed by atoms with Crippen LogP contribution in [0, 0.1) is 18.5 Å². The Morgan fingerprint density at radius 1 is 0.487 bits per heavy atom. The van der Waals surface area contributed by atoms with Crippen LogP contribution in [-0.2, 0) is 42.7 Å². The van der Waals surface area contributed by atoms with Gasteiger partial charge in [0.2, 0.25) is 0 Å². The molecule has 0 unspecified atom stereocenters. The molecule has 382 valence electrons. The fourth-order valence-corrected chi connectivity index (χ4v) is 10.6. The van der Waals surface area contributed by atoms with Gasteiger partial charge in [0.1, 0.15) is 5.82 Å². The molecule has 11 aromatic rings. The van der Waals surface area contributed by atoms with Crippen LogP contribution >= 0.6 is 0 Å². The van der Waals surface area contributed by atoms with Gasteiger partial charge in [-0.25, -0.2) is 4.98 Å². The molecule has 0 amide bonds. The van der Waals surface area contributed by atoms with Crippen LogP contribution < -0.4 is 9.30 Å². The van der Waals surface area contributed by atoms with E-state index in [1.54, 1.807) is 0 Å². The van der Waals surface area contributed by atoms with Gasteiger partial charge in [-0.3, -0.25) is 4.57 Å². The van der Waals surface area contributed by atoms with Crippen molar-refractivity contribution in [3.05, 3.63) is 258 Å². The monoisotopic (exact) mass is 1170 g/mol. The molecule has 0 aliphatic carbocycles. The van der Waals surface area contributed by atoms with E-state index >= 15 is 0 Å². The van der Waals surface area contributed by atoms with E-state index in [2.05, 4.69) is 302 Å². The number of pyridine rings is 1. The summed E-state index contributed by atoms with van der Waals surface area (Å²) >= 11 is 0. The number of hydrogen-bond acceptors (Lipinski definition) is 2.